The molecule has 3 heteroatoms. The lowest BCUT2D eigenvalue weighted by Crippen LogP contribution is -2.49. The zero-order chi connectivity index (χ0) is 9.10. The Balaban J connectivity index is 1.83. The molecule has 0 saturated carbocycles. The maximum atomic E-state index is 5.52. The van der Waals surface area contributed by atoms with E-state index in [0.717, 1.165) is 32.9 Å². The van der Waals surface area contributed by atoms with Crippen LogP contribution >= 0.6 is 0 Å². The summed E-state index contributed by atoms with van der Waals surface area (Å²) < 4.78 is 11.0. The highest BCUT2D eigenvalue weighted by Crippen LogP contribution is 2.16. The van der Waals surface area contributed by atoms with Crippen molar-refractivity contribution in [2.75, 3.05) is 32.9 Å². The molecule has 1 unspecified atom stereocenters. The fourth-order valence-electron chi connectivity index (χ4n) is 2.19. The van der Waals surface area contributed by atoms with Gasteiger partial charge in [-0.05, 0) is 19.8 Å². The molecular weight excluding hydrogens is 166 g/mol. The quantitative estimate of drug-likeness (QED) is 0.605. The normalized spacial score (nSPS) is 37.6. The van der Waals surface area contributed by atoms with Gasteiger partial charge in [0, 0.05) is 25.7 Å². The molecule has 2 saturated heterocycles. The summed E-state index contributed by atoms with van der Waals surface area (Å²) in [6.07, 6.45) is 2.92. The van der Waals surface area contributed by atoms with Gasteiger partial charge < -0.3 is 9.47 Å². The van der Waals surface area contributed by atoms with E-state index in [1.165, 1.54) is 12.8 Å². The molecule has 3 nitrogen and oxygen atoms in total. The first-order valence-electron chi connectivity index (χ1n) is 5.29. The van der Waals surface area contributed by atoms with Gasteiger partial charge in [0.25, 0.3) is 0 Å². The Morgan fingerprint density at radius 1 is 1.31 bits per heavy atom. The SMILES string of the molecule is C[C@H]1CN(C2CCCOC2)CCO1. The monoisotopic (exact) mass is 185 g/mol. The summed E-state index contributed by atoms with van der Waals surface area (Å²) >= 11 is 0. The molecule has 0 spiro atoms. The van der Waals surface area contributed by atoms with Crippen molar-refractivity contribution in [1.29, 1.82) is 0 Å². The fraction of sp³-hybridized carbons (Fsp3) is 1.00. The summed E-state index contributed by atoms with van der Waals surface area (Å²) in [6.45, 7) is 7.07. The van der Waals surface area contributed by atoms with Gasteiger partial charge in [0.05, 0.1) is 19.3 Å². The highest BCUT2D eigenvalue weighted by molar-refractivity contribution is 4.78. The molecule has 2 heterocycles. The van der Waals surface area contributed by atoms with E-state index in [1.807, 2.05) is 0 Å². The van der Waals surface area contributed by atoms with Crippen LogP contribution in [-0.4, -0.2) is 50.0 Å². The van der Waals surface area contributed by atoms with Crippen molar-refractivity contribution >= 4 is 0 Å². The van der Waals surface area contributed by atoms with Gasteiger partial charge in [-0.3, -0.25) is 4.90 Å². The van der Waals surface area contributed by atoms with Crippen molar-refractivity contribution in [1.82, 2.24) is 4.90 Å². The lowest BCUT2D eigenvalue weighted by Gasteiger charge is -2.38. The molecule has 0 bridgehead atoms. The van der Waals surface area contributed by atoms with Gasteiger partial charge in [-0.25, -0.2) is 0 Å². The van der Waals surface area contributed by atoms with Crippen molar-refractivity contribution in [2.24, 2.45) is 0 Å². The van der Waals surface area contributed by atoms with E-state index in [2.05, 4.69) is 11.8 Å². The number of nitrogens with zero attached hydrogens (tertiary/aromatic N) is 1. The predicted octanol–water partition coefficient (Wildman–Crippen LogP) is 0.886. The Kier molecular flexibility index (Phi) is 3.19. The molecule has 2 aliphatic heterocycles. The number of ether oxygens (including phenoxy) is 2. The third-order valence-electron chi connectivity index (χ3n) is 2.93. The van der Waals surface area contributed by atoms with E-state index in [-0.39, 0.29) is 0 Å². The van der Waals surface area contributed by atoms with Gasteiger partial charge in [-0.15, -0.1) is 0 Å². The van der Waals surface area contributed by atoms with Gasteiger partial charge in [0.2, 0.25) is 0 Å². The minimum absolute atomic E-state index is 0.399. The van der Waals surface area contributed by atoms with Crippen LogP contribution in [0, 0.1) is 0 Å². The molecule has 0 aromatic carbocycles. The highest BCUT2D eigenvalue weighted by Gasteiger charge is 2.25. The van der Waals surface area contributed by atoms with Crippen LogP contribution in [0.2, 0.25) is 0 Å². The maximum Gasteiger partial charge on any atom is 0.0674 e. The molecule has 0 aromatic heterocycles. The Morgan fingerprint density at radius 2 is 2.23 bits per heavy atom. The van der Waals surface area contributed by atoms with Crippen LogP contribution in [0.25, 0.3) is 0 Å². The summed E-state index contributed by atoms with van der Waals surface area (Å²) in [5, 5.41) is 0. The largest absolute Gasteiger partial charge is 0.380 e. The molecule has 0 amide bonds. The third-order valence-corrected chi connectivity index (χ3v) is 2.93. The van der Waals surface area contributed by atoms with E-state index >= 15 is 0 Å². The molecule has 0 radical (unpaired) electrons. The topological polar surface area (TPSA) is 21.7 Å². The second-order valence-electron chi connectivity index (χ2n) is 4.05. The smallest absolute Gasteiger partial charge is 0.0674 e. The minimum Gasteiger partial charge on any atom is -0.380 e. The average Bonchev–Trinajstić information content (AvgIpc) is 2.19. The first-order valence-corrected chi connectivity index (χ1v) is 5.29. The summed E-state index contributed by atoms with van der Waals surface area (Å²) in [5.74, 6) is 0. The molecule has 2 aliphatic rings. The predicted molar refractivity (Wildman–Crippen MR) is 50.8 cm³/mol. The molecule has 2 rings (SSSR count). The lowest BCUT2D eigenvalue weighted by molar-refractivity contribution is -0.0623. The van der Waals surface area contributed by atoms with Gasteiger partial charge >= 0.3 is 0 Å². The number of hydrogen-bond donors (Lipinski definition) is 0. The van der Waals surface area contributed by atoms with Crippen molar-refractivity contribution in [2.45, 2.75) is 31.9 Å². The summed E-state index contributed by atoms with van der Waals surface area (Å²) in [5.41, 5.74) is 0. The number of morpholine rings is 1. The summed E-state index contributed by atoms with van der Waals surface area (Å²) in [7, 11) is 0. The van der Waals surface area contributed by atoms with Crippen LogP contribution in [0.3, 0.4) is 0 Å². The minimum atomic E-state index is 0.399. The molecule has 13 heavy (non-hydrogen) atoms. The van der Waals surface area contributed by atoms with Gasteiger partial charge in [0.1, 0.15) is 0 Å². The molecule has 2 atom stereocenters. The molecular formula is C10H19NO2. The first kappa shape index (κ1) is 9.44. The van der Waals surface area contributed by atoms with Crippen LogP contribution < -0.4 is 0 Å². The molecule has 76 valence electrons. The average molecular weight is 185 g/mol. The second kappa shape index (κ2) is 4.40. The van der Waals surface area contributed by atoms with E-state index in [0.29, 0.717) is 12.1 Å². The van der Waals surface area contributed by atoms with Crippen molar-refractivity contribution in [3.05, 3.63) is 0 Å². The lowest BCUT2D eigenvalue weighted by atomic mass is 10.1. The van der Waals surface area contributed by atoms with Crippen LogP contribution in [0.15, 0.2) is 0 Å². The van der Waals surface area contributed by atoms with Gasteiger partial charge in [-0.2, -0.15) is 0 Å². The van der Waals surface area contributed by atoms with E-state index in [4.69, 9.17) is 9.47 Å². The van der Waals surface area contributed by atoms with E-state index in [1.54, 1.807) is 0 Å². The fourth-order valence-corrected chi connectivity index (χ4v) is 2.19. The molecule has 0 aromatic rings. The summed E-state index contributed by atoms with van der Waals surface area (Å²) in [4.78, 5) is 2.52. The standard InChI is InChI=1S/C10H19NO2/c1-9-7-11(4-6-13-9)10-3-2-5-12-8-10/h9-10H,2-8H2,1H3/t9-,10?/m0/s1. The van der Waals surface area contributed by atoms with Crippen LogP contribution in [0.4, 0.5) is 0 Å². The maximum absolute atomic E-state index is 5.52. The molecule has 2 fully saturated rings. The van der Waals surface area contributed by atoms with Crippen molar-refractivity contribution in [3.63, 3.8) is 0 Å². The zero-order valence-corrected chi connectivity index (χ0v) is 8.37. The second-order valence-corrected chi connectivity index (χ2v) is 4.05. The van der Waals surface area contributed by atoms with Crippen molar-refractivity contribution in [3.8, 4) is 0 Å². The van der Waals surface area contributed by atoms with E-state index in [9.17, 15) is 0 Å². The third kappa shape index (κ3) is 2.42. The zero-order valence-electron chi connectivity index (χ0n) is 8.37. The van der Waals surface area contributed by atoms with Crippen LogP contribution in [0.5, 0.6) is 0 Å². The Labute approximate surface area is 80.0 Å². The Bertz CT molecular complexity index is 157. The highest BCUT2D eigenvalue weighted by atomic mass is 16.5. The molecule has 0 aliphatic carbocycles. The Morgan fingerprint density at radius 3 is 2.92 bits per heavy atom. The first-order chi connectivity index (χ1) is 6.36. The van der Waals surface area contributed by atoms with Gasteiger partial charge in [0.15, 0.2) is 0 Å². The number of hydrogen-bond acceptors (Lipinski definition) is 3. The van der Waals surface area contributed by atoms with E-state index < -0.39 is 0 Å². The Hall–Kier alpha value is -0.120. The number of rotatable bonds is 1. The molecule has 0 N–H and O–H groups in total. The summed E-state index contributed by atoms with van der Waals surface area (Å²) in [6, 6.07) is 0.653. The van der Waals surface area contributed by atoms with Crippen LogP contribution in [0.1, 0.15) is 19.8 Å². The van der Waals surface area contributed by atoms with Gasteiger partial charge in [-0.1, -0.05) is 0 Å². The van der Waals surface area contributed by atoms with Crippen molar-refractivity contribution < 1.29 is 9.47 Å². The van der Waals surface area contributed by atoms with Crippen LogP contribution in [-0.2, 0) is 9.47 Å².